The minimum absolute atomic E-state index is 0.0286. The molecule has 0 bridgehead atoms. The van der Waals surface area contributed by atoms with E-state index in [9.17, 15) is 0 Å². The summed E-state index contributed by atoms with van der Waals surface area (Å²) in [5, 5.41) is 12.4. The smallest absolute Gasteiger partial charge is 0.0878 e. The Morgan fingerprint density at radius 1 is 1.88 bits per heavy atom. The molecule has 0 saturated heterocycles. The topological polar surface area (TPSA) is 38.0 Å². The normalized spacial score (nSPS) is 9.75. The average Bonchev–Trinajstić information content (AvgIpc) is 2.14. The van der Waals surface area contributed by atoms with Gasteiger partial charge in [-0.3, -0.25) is 4.68 Å². The molecule has 1 aromatic rings. The second-order valence-electron chi connectivity index (χ2n) is 1.64. The predicted molar refractivity (Wildman–Crippen MR) is 29.1 cm³/mol. The zero-order chi connectivity index (χ0) is 5.98. The minimum atomic E-state index is 0.0286. The van der Waals surface area contributed by atoms with Crippen molar-refractivity contribution in [1.82, 2.24) is 9.78 Å². The number of hydrogen-bond donors (Lipinski definition) is 1. The third-order valence-electron chi connectivity index (χ3n) is 0.931. The summed E-state index contributed by atoms with van der Waals surface area (Å²) in [4.78, 5) is 0. The maximum atomic E-state index is 8.48. The van der Waals surface area contributed by atoms with E-state index in [1.807, 2.05) is 7.05 Å². The van der Waals surface area contributed by atoms with Gasteiger partial charge in [-0.25, -0.2) is 0 Å². The van der Waals surface area contributed by atoms with Crippen molar-refractivity contribution < 1.29 is 5.11 Å². The molecule has 1 N–H and O–H groups in total. The molecule has 0 saturated carbocycles. The first-order chi connectivity index (χ1) is 3.83. The summed E-state index contributed by atoms with van der Waals surface area (Å²) >= 11 is 0. The summed E-state index contributed by atoms with van der Waals surface area (Å²) in [7, 11) is 1.82. The Balaban J connectivity index is 2.84. The van der Waals surface area contributed by atoms with Gasteiger partial charge in [-0.05, 0) is 6.07 Å². The summed E-state index contributed by atoms with van der Waals surface area (Å²) in [6.45, 7) is 0.0286. The number of aliphatic hydroxyl groups excluding tert-OH is 1. The molecule has 1 rings (SSSR count). The van der Waals surface area contributed by atoms with Gasteiger partial charge < -0.3 is 5.11 Å². The fraction of sp³-hybridized carbons (Fsp3) is 0.400. The first-order valence-electron chi connectivity index (χ1n) is 2.42. The van der Waals surface area contributed by atoms with Gasteiger partial charge in [0.15, 0.2) is 0 Å². The van der Waals surface area contributed by atoms with Crippen molar-refractivity contribution in [2.75, 3.05) is 0 Å². The largest absolute Gasteiger partial charge is 0.390 e. The fourth-order valence-corrected chi connectivity index (χ4v) is 0.548. The lowest BCUT2D eigenvalue weighted by atomic mass is 10.5. The van der Waals surface area contributed by atoms with Crippen LogP contribution in [-0.4, -0.2) is 14.9 Å². The highest BCUT2D eigenvalue weighted by molar-refractivity contribution is 4.95. The number of aliphatic hydroxyl groups is 1. The van der Waals surface area contributed by atoms with E-state index >= 15 is 0 Å². The molecule has 1 aromatic heterocycles. The van der Waals surface area contributed by atoms with E-state index in [2.05, 4.69) is 5.10 Å². The zero-order valence-electron chi connectivity index (χ0n) is 4.70. The van der Waals surface area contributed by atoms with Gasteiger partial charge in [0.05, 0.1) is 12.3 Å². The van der Waals surface area contributed by atoms with Crippen LogP contribution >= 0.6 is 0 Å². The van der Waals surface area contributed by atoms with Crippen LogP contribution in [0.4, 0.5) is 0 Å². The van der Waals surface area contributed by atoms with Crippen molar-refractivity contribution in [3.8, 4) is 0 Å². The molecule has 0 fully saturated rings. The number of aromatic nitrogens is 2. The van der Waals surface area contributed by atoms with E-state index < -0.39 is 0 Å². The van der Waals surface area contributed by atoms with E-state index in [0.717, 1.165) is 0 Å². The van der Waals surface area contributed by atoms with Crippen molar-refractivity contribution >= 4 is 0 Å². The molecule has 44 valence electrons. The fourth-order valence-electron chi connectivity index (χ4n) is 0.548. The van der Waals surface area contributed by atoms with Gasteiger partial charge in [0.25, 0.3) is 0 Å². The van der Waals surface area contributed by atoms with Crippen LogP contribution in [0.5, 0.6) is 0 Å². The van der Waals surface area contributed by atoms with Crippen molar-refractivity contribution in [3.05, 3.63) is 18.0 Å². The highest BCUT2D eigenvalue weighted by atomic mass is 16.3. The van der Waals surface area contributed by atoms with E-state index in [4.69, 9.17) is 5.11 Å². The van der Waals surface area contributed by atoms with Gasteiger partial charge in [-0.15, -0.1) is 0 Å². The van der Waals surface area contributed by atoms with Crippen LogP contribution in [0.15, 0.2) is 12.3 Å². The van der Waals surface area contributed by atoms with Crippen LogP contribution < -0.4 is 0 Å². The number of aryl methyl sites for hydroxylation is 1. The van der Waals surface area contributed by atoms with Crippen LogP contribution in [0, 0.1) is 0 Å². The number of rotatable bonds is 1. The third-order valence-corrected chi connectivity index (χ3v) is 0.931. The van der Waals surface area contributed by atoms with Crippen molar-refractivity contribution in [2.24, 2.45) is 7.05 Å². The molecule has 8 heavy (non-hydrogen) atoms. The molecule has 0 amide bonds. The van der Waals surface area contributed by atoms with E-state index in [0.29, 0.717) is 5.69 Å². The summed E-state index contributed by atoms with van der Waals surface area (Å²) in [6.07, 6.45) is 1.80. The maximum Gasteiger partial charge on any atom is 0.0878 e. The van der Waals surface area contributed by atoms with Crippen molar-refractivity contribution in [3.63, 3.8) is 0 Å². The lowest BCUT2D eigenvalue weighted by Gasteiger charge is -1.83. The lowest BCUT2D eigenvalue weighted by molar-refractivity contribution is 0.275. The summed E-state index contributed by atoms with van der Waals surface area (Å²) < 4.78 is 1.66. The molecule has 0 aliphatic heterocycles. The Labute approximate surface area is 47.6 Å². The van der Waals surface area contributed by atoms with Crippen LogP contribution in [-0.2, 0) is 13.7 Å². The van der Waals surface area contributed by atoms with Gasteiger partial charge in [0.2, 0.25) is 0 Å². The molecular weight excluding hydrogens is 104 g/mol. The van der Waals surface area contributed by atoms with E-state index in [-0.39, 0.29) is 6.61 Å². The van der Waals surface area contributed by atoms with E-state index in [1.165, 1.54) is 0 Å². The average molecular weight is 112 g/mol. The SMILES string of the molecule is Cn1ccc(CO)n1. The van der Waals surface area contributed by atoms with Gasteiger partial charge in [-0.1, -0.05) is 0 Å². The Kier molecular flexibility index (Phi) is 1.30. The Morgan fingerprint density at radius 2 is 2.62 bits per heavy atom. The molecule has 0 unspecified atom stereocenters. The summed E-state index contributed by atoms with van der Waals surface area (Å²) in [5.74, 6) is 0. The lowest BCUT2D eigenvalue weighted by Crippen LogP contribution is -1.89. The third kappa shape index (κ3) is 0.869. The first kappa shape index (κ1) is 5.31. The van der Waals surface area contributed by atoms with Gasteiger partial charge in [0, 0.05) is 13.2 Å². The molecule has 1 heterocycles. The van der Waals surface area contributed by atoms with Crippen LogP contribution in [0.3, 0.4) is 0 Å². The van der Waals surface area contributed by atoms with Crippen molar-refractivity contribution in [1.29, 1.82) is 0 Å². The predicted octanol–water partition coefficient (Wildman–Crippen LogP) is -0.0876. The highest BCUT2D eigenvalue weighted by Crippen LogP contribution is 1.90. The molecule has 3 nitrogen and oxygen atoms in total. The van der Waals surface area contributed by atoms with Gasteiger partial charge in [0.1, 0.15) is 0 Å². The molecule has 0 atom stereocenters. The zero-order valence-corrected chi connectivity index (χ0v) is 4.70. The molecular formula is C5H8N2O. The monoisotopic (exact) mass is 112 g/mol. The molecule has 0 radical (unpaired) electrons. The highest BCUT2D eigenvalue weighted by Gasteiger charge is 1.89. The van der Waals surface area contributed by atoms with Crippen LogP contribution in [0.2, 0.25) is 0 Å². The Morgan fingerprint density at radius 3 is 2.88 bits per heavy atom. The molecule has 0 aromatic carbocycles. The van der Waals surface area contributed by atoms with Crippen LogP contribution in [0.1, 0.15) is 5.69 Å². The number of hydrogen-bond acceptors (Lipinski definition) is 2. The van der Waals surface area contributed by atoms with Crippen LogP contribution in [0.25, 0.3) is 0 Å². The van der Waals surface area contributed by atoms with Gasteiger partial charge >= 0.3 is 0 Å². The Bertz CT molecular complexity index is 171. The summed E-state index contributed by atoms with van der Waals surface area (Å²) in [5.41, 5.74) is 0.715. The summed E-state index contributed by atoms with van der Waals surface area (Å²) in [6, 6.07) is 1.78. The standard InChI is InChI=1S/C5H8N2O/c1-7-3-2-5(4-8)6-7/h2-3,8H,4H2,1H3. The molecule has 0 spiro atoms. The molecule has 0 aliphatic carbocycles. The second kappa shape index (κ2) is 1.96. The van der Waals surface area contributed by atoms with E-state index in [1.54, 1.807) is 16.9 Å². The maximum absolute atomic E-state index is 8.48. The van der Waals surface area contributed by atoms with Crippen molar-refractivity contribution in [2.45, 2.75) is 6.61 Å². The molecule has 3 heteroatoms. The second-order valence-corrected chi connectivity index (χ2v) is 1.64. The Hall–Kier alpha value is -0.830. The minimum Gasteiger partial charge on any atom is -0.390 e. The number of nitrogens with zero attached hydrogens (tertiary/aromatic N) is 2. The first-order valence-corrected chi connectivity index (χ1v) is 2.42. The van der Waals surface area contributed by atoms with Gasteiger partial charge in [-0.2, -0.15) is 5.10 Å². The molecule has 0 aliphatic rings. The quantitative estimate of drug-likeness (QED) is 0.551.